The van der Waals surface area contributed by atoms with Crippen LogP contribution in [-0.2, 0) is 24.1 Å². The summed E-state index contributed by atoms with van der Waals surface area (Å²) >= 11 is 70.4. The molecule has 0 fully saturated rings. The summed E-state index contributed by atoms with van der Waals surface area (Å²) in [6.07, 6.45) is 12.0. The zero-order valence-corrected chi connectivity index (χ0v) is 44.4. The van der Waals surface area contributed by atoms with Gasteiger partial charge in [0, 0.05) is 6.42 Å². The maximum atomic E-state index is 12.4. The Balaban J connectivity index is 5.06. The fourth-order valence-corrected chi connectivity index (χ4v) is 10.6. The van der Waals surface area contributed by atoms with Crippen molar-refractivity contribution in [1.29, 1.82) is 0 Å². The van der Waals surface area contributed by atoms with E-state index in [1.165, 1.54) is 57.8 Å². The topological polar surface area (TPSA) is 171 Å². The number of hydrogen-bond acceptors (Lipinski definition) is 9. The normalized spacial score (nSPS) is 19.7. The lowest BCUT2D eigenvalue weighted by Crippen LogP contribution is -2.49. The molecule has 10 nitrogen and oxygen atoms in total. The molecule has 0 aliphatic rings. The van der Waals surface area contributed by atoms with Crippen LogP contribution in [0.4, 0.5) is 0 Å². The lowest BCUT2D eigenvalue weighted by Gasteiger charge is -2.34. The van der Waals surface area contributed by atoms with Crippen LogP contribution >= 0.6 is 128 Å². The molecule has 0 aromatic heterocycles. The third-order valence-electron chi connectivity index (χ3n) is 10.2. The number of aliphatic hydroxyl groups is 4. The van der Waals surface area contributed by atoms with Gasteiger partial charge in [0.25, 0.3) is 0 Å². The summed E-state index contributed by atoms with van der Waals surface area (Å²) in [7, 11) is -5.08. The largest absolute Gasteiger partial charge is 0.458 e. The van der Waals surface area contributed by atoms with Gasteiger partial charge in [0.2, 0.25) is 0 Å². The molecule has 0 heterocycles. The number of allylic oxidation sites excluding steroid dienone is 1. The molecule has 0 saturated carbocycles. The Kier molecular flexibility index (Phi) is 36.4. The standard InChI is InChI=1S/C40H67Cl11O10S/c1-3-4-5-6-7-8-9-10-11-12-13-14-15-19-32(54)60-25(2)17-16-18-27(42)33(45)31(61-62(57,58)59)22-28(43)34(46)39(56)37(49)35(47)36(48)38(55)29(44)23-40(50,51)21-20-26(41)30(53)24-52/h16-17,25-31,33-39,52-53,55-56H,3-15,18-24H2,1-2H3,(H,57,58,59)/b17-16+/t25?,26?,27-,28?,29-,30?,31+,33+,34+,35+,36+,37-,38?,39-/m1/s1. The molecule has 0 bridgehead atoms. The smallest absolute Gasteiger partial charge is 0.397 e. The summed E-state index contributed by atoms with van der Waals surface area (Å²) in [5.41, 5.74) is 0. The van der Waals surface area contributed by atoms with E-state index < -0.39 is 107 Å². The molecule has 0 rings (SSSR count). The Morgan fingerprint density at radius 1 is 0.677 bits per heavy atom. The summed E-state index contributed by atoms with van der Waals surface area (Å²) in [6, 6.07) is 0. The third-order valence-corrected chi connectivity index (χ3v) is 16.4. The number of alkyl halides is 11. The molecule has 0 saturated heterocycles. The van der Waals surface area contributed by atoms with Crippen LogP contribution in [0, 0.1) is 0 Å². The van der Waals surface area contributed by atoms with Gasteiger partial charge >= 0.3 is 16.4 Å². The molecule has 370 valence electrons. The summed E-state index contributed by atoms with van der Waals surface area (Å²) in [5.74, 6) is -0.324. The van der Waals surface area contributed by atoms with Gasteiger partial charge in [-0.2, -0.15) is 8.42 Å². The van der Waals surface area contributed by atoms with Crippen LogP contribution in [0.5, 0.6) is 0 Å². The molecule has 0 spiro atoms. The van der Waals surface area contributed by atoms with Crippen LogP contribution in [0.2, 0.25) is 0 Å². The van der Waals surface area contributed by atoms with Crippen LogP contribution in [0.3, 0.4) is 0 Å². The predicted octanol–water partition coefficient (Wildman–Crippen LogP) is 11.8. The molecule has 5 N–H and O–H groups in total. The second kappa shape index (κ2) is 35.2. The SMILES string of the molecule is CCCCCCCCCCCCCCCC(=O)OC(C)/C=C/C[C@@H](Cl)[C@H](Cl)[C@H](CC(Cl)[C@H](Cl)[C@@H](O)[C@H](Cl)[C@@H](Cl)[C@H](Cl)C(O)[C@H](Cl)CC(Cl)(Cl)CCC(Cl)C(O)CO)OS(=O)(=O)O. The highest BCUT2D eigenvalue weighted by atomic mass is 35.5. The highest BCUT2D eigenvalue weighted by Gasteiger charge is 2.43. The van der Waals surface area contributed by atoms with Crippen molar-refractivity contribution < 1.29 is 47.1 Å². The van der Waals surface area contributed by atoms with Crippen molar-refractivity contribution in [3.63, 3.8) is 0 Å². The van der Waals surface area contributed by atoms with E-state index in [1.54, 1.807) is 19.1 Å². The quantitative estimate of drug-likeness (QED) is 0.0132. The van der Waals surface area contributed by atoms with Crippen molar-refractivity contribution in [2.75, 3.05) is 6.61 Å². The maximum Gasteiger partial charge on any atom is 0.397 e. The molecule has 0 amide bonds. The van der Waals surface area contributed by atoms with Crippen LogP contribution in [0.25, 0.3) is 0 Å². The first-order valence-electron chi connectivity index (χ1n) is 21.2. The molecule has 0 aliphatic carbocycles. The minimum Gasteiger partial charge on any atom is -0.458 e. The first kappa shape index (κ1) is 64.1. The number of esters is 1. The van der Waals surface area contributed by atoms with E-state index in [2.05, 4.69) is 6.92 Å². The van der Waals surface area contributed by atoms with Crippen LogP contribution in [0.15, 0.2) is 12.2 Å². The van der Waals surface area contributed by atoms with Crippen molar-refractivity contribution >= 4 is 144 Å². The second-order valence-electron chi connectivity index (χ2n) is 15.8. The van der Waals surface area contributed by atoms with E-state index in [9.17, 15) is 33.1 Å². The zero-order chi connectivity index (χ0) is 47.6. The number of ether oxygens (including phenoxy) is 1. The number of rotatable bonds is 38. The highest BCUT2D eigenvalue weighted by molar-refractivity contribution is 7.80. The minimum absolute atomic E-state index is 0.0268. The first-order chi connectivity index (χ1) is 28.9. The Labute approximate surface area is 425 Å². The molecule has 14 atom stereocenters. The van der Waals surface area contributed by atoms with Gasteiger partial charge in [0.1, 0.15) is 10.4 Å². The second-order valence-corrected chi connectivity index (χ2v) is 23.2. The Morgan fingerprint density at radius 3 is 1.68 bits per heavy atom. The Bertz CT molecular complexity index is 1310. The van der Waals surface area contributed by atoms with Gasteiger partial charge in [0.05, 0.1) is 79.4 Å². The van der Waals surface area contributed by atoms with E-state index in [0.29, 0.717) is 6.42 Å². The van der Waals surface area contributed by atoms with Crippen molar-refractivity contribution in [2.24, 2.45) is 0 Å². The predicted molar refractivity (Wildman–Crippen MR) is 261 cm³/mol. The van der Waals surface area contributed by atoms with Gasteiger partial charge in [-0.25, -0.2) is 4.18 Å². The Hall–Kier alpha value is 2.11. The lowest BCUT2D eigenvalue weighted by molar-refractivity contribution is -0.146. The molecule has 0 aromatic rings. The summed E-state index contributed by atoms with van der Waals surface area (Å²) in [5, 5.41) is 29.2. The van der Waals surface area contributed by atoms with Crippen molar-refractivity contribution in [2.45, 2.75) is 219 Å². The minimum atomic E-state index is -5.08. The van der Waals surface area contributed by atoms with E-state index >= 15 is 0 Å². The van der Waals surface area contributed by atoms with Gasteiger partial charge in [-0.1, -0.05) is 90.0 Å². The molecular weight excluding hydrogens is 1060 g/mol. The number of unbranched alkanes of at least 4 members (excludes halogenated alkanes) is 12. The first-order valence-corrected chi connectivity index (χ1v) is 27.2. The lowest BCUT2D eigenvalue weighted by atomic mass is 9.97. The third kappa shape index (κ3) is 29.2. The van der Waals surface area contributed by atoms with Crippen LogP contribution in [-0.4, -0.2) is 129 Å². The maximum absolute atomic E-state index is 12.4. The van der Waals surface area contributed by atoms with Gasteiger partial charge in [-0.3, -0.25) is 9.35 Å². The van der Waals surface area contributed by atoms with Crippen molar-refractivity contribution in [3.8, 4) is 0 Å². The molecule has 5 unspecified atom stereocenters. The Morgan fingerprint density at radius 2 is 1.18 bits per heavy atom. The van der Waals surface area contributed by atoms with Crippen molar-refractivity contribution in [1.82, 2.24) is 0 Å². The highest BCUT2D eigenvalue weighted by Crippen LogP contribution is 2.38. The molecule has 0 radical (unpaired) electrons. The van der Waals surface area contributed by atoms with Crippen LogP contribution in [0.1, 0.15) is 136 Å². The van der Waals surface area contributed by atoms with E-state index in [1.807, 2.05) is 0 Å². The molecular formula is C40H67Cl11O10S. The van der Waals surface area contributed by atoms with Crippen molar-refractivity contribution in [3.05, 3.63) is 12.2 Å². The van der Waals surface area contributed by atoms with Gasteiger partial charge in [-0.15, -0.1) is 128 Å². The average molecular weight is 1130 g/mol. The monoisotopic (exact) mass is 1120 g/mol. The summed E-state index contributed by atoms with van der Waals surface area (Å²) in [6.45, 7) is 3.35. The molecule has 0 aliphatic heterocycles. The fourth-order valence-electron chi connectivity index (χ4n) is 6.39. The van der Waals surface area contributed by atoms with Gasteiger partial charge in [0.15, 0.2) is 0 Å². The molecule has 0 aromatic carbocycles. The van der Waals surface area contributed by atoms with Gasteiger partial charge in [-0.05, 0) is 51.5 Å². The van der Waals surface area contributed by atoms with Crippen LogP contribution < -0.4 is 0 Å². The number of carbonyl (C=O) groups excluding carboxylic acids is 1. The average Bonchev–Trinajstić information content (AvgIpc) is 3.20. The summed E-state index contributed by atoms with van der Waals surface area (Å²) in [4.78, 5) is 12.4. The number of halogens is 11. The molecule has 62 heavy (non-hydrogen) atoms. The number of aliphatic hydroxyl groups excluding tert-OH is 4. The number of carbonyl (C=O) groups is 1. The zero-order valence-electron chi connectivity index (χ0n) is 35.2. The number of hydrogen-bond donors (Lipinski definition) is 5. The fraction of sp³-hybridized carbons (Fsp3) is 0.925. The van der Waals surface area contributed by atoms with E-state index in [4.69, 9.17) is 142 Å². The van der Waals surface area contributed by atoms with Gasteiger partial charge < -0.3 is 25.2 Å². The van der Waals surface area contributed by atoms with E-state index in [0.717, 1.165) is 25.7 Å². The molecule has 22 heteroatoms. The van der Waals surface area contributed by atoms with E-state index in [-0.39, 0.29) is 31.7 Å². The summed E-state index contributed by atoms with van der Waals surface area (Å²) < 4.78 is 41.8.